The van der Waals surface area contributed by atoms with E-state index in [4.69, 9.17) is 0 Å². The number of hydrogen-bond acceptors (Lipinski definition) is 4. The van der Waals surface area contributed by atoms with E-state index in [1.54, 1.807) is 0 Å². The van der Waals surface area contributed by atoms with Crippen LogP contribution in [0.4, 0.5) is 5.13 Å². The van der Waals surface area contributed by atoms with Crippen LogP contribution in [0.5, 0.6) is 0 Å². The summed E-state index contributed by atoms with van der Waals surface area (Å²) in [7, 11) is 0. The highest BCUT2D eigenvalue weighted by Gasteiger charge is 2.06. The van der Waals surface area contributed by atoms with Crippen molar-refractivity contribution in [1.29, 1.82) is 0 Å². The molecule has 0 saturated heterocycles. The Balaban J connectivity index is 1.95. The van der Waals surface area contributed by atoms with Crippen molar-refractivity contribution >= 4 is 16.7 Å². The minimum atomic E-state index is 0.390. The molecule has 0 fully saturated rings. The van der Waals surface area contributed by atoms with E-state index in [0.29, 0.717) is 5.92 Å². The van der Waals surface area contributed by atoms with E-state index in [1.165, 1.54) is 22.7 Å². The zero-order chi connectivity index (χ0) is 12.3. The molecular formula is C13H17N3S. The highest BCUT2D eigenvalue weighted by Crippen LogP contribution is 2.18. The Labute approximate surface area is 106 Å². The molecule has 2 aromatic rings. The molecule has 3 nitrogen and oxygen atoms in total. The maximum absolute atomic E-state index is 4.44. The van der Waals surface area contributed by atoms with Gasteiger partial charge in [0.15, 0.2) is 0 Å². The molecule has 1 aromatic carbocycles. The number of nitrogens with one attached hydrogen (secondary N) is 1. The second-order valence-corrected chi connectivity index (χ2v) is 5.20. The van der Waals surface area contributed by atoms with E-state index in [2.05, 4.69) is 59.7 Å². The van der Waals surface area contributed by atoms with Crippen molar-refractivity contribution in [3.05, 3.63) is 41.2 Å². The first-order chi connectivity index (χ1) is 8.15. The van der Waals surface area contributed by atoms with Gasteiger partial charge in [-0.3, -0.25) is 0 Å². The van der Waals surface area contributed by atoms with Crippen LogP contribution in [-0.4, -0.2) is 9.36 Å². The monoisotopic (exact) mass is 247 g/mol. The molecule has 1 N–H and O–H groups in total. The van der Waals surface area contributed by atoms with E-state index in [0.717, 1.165) is 17.5 Å². The molecule has 1 heterocycles. The lowest BCUT2D eigenvalue weighted by atomic mass is 10.1. The first-order valence-electron chi connectivity index (χ1n) is 5.78. The van der Waals surface area contributed by atoms with E-state index < -0.39 is 0 Å². The lowest BCUT2D eigenvalue weighted by Gasteiger charge is -2.02. The van der Waals surface area contributed by atoms with Gasteiger partial charge in [0.05, 0.1) is 0 Å². The van der Waals surface area contributed by atoms with Crippen molar-refractivity contribution in [1.82, 2.24) is 9.36 Å². The summed E-state index contributed by atoms with van der Waals surface area (Å²) in [6.07, 6.45) is 0. The quantitative estimate of drug-likeness (QED) is 0.897. The Hall–Kier alpha value is -1.42. The average molecular weight is 247 g/mol. The summed E-state index contributed by atoms with van der Waals surface area (Å²) < 4.78 is 4.31. The topological polar surface area (TPSA) is 37.8 Å². The molecule has 0 aliphatic carbocycles. The van der Waals surface area contributed by atoms with E-state index in [-0.39, 0.29) is 0 Å². The summed E-state index contributed by atoms with van der Waals surface area (Å²) in [5.41, 5.74) is 2.55. The van der Waals surface area contributed by atoms with Crippen LogP contribution in [0.3, 0.4) is 0 Å². The van der Waals surface area contributed by atoms with E-state index in [1.807, 2.05) is 0 Å². The largest absolute Gasteiger partial charge is 0.356 e. The Morgan fingerprint density at radius 3 is 2.53 bits per heavy atom. The molecule has 90 valence electrons. The molecule has 1 aromatic heterocycles. The Bertz CT molecular complexity index is 474. The summed E-state index contributed by atoms with van der Waals surface area (Å²) in [6, 6.07) is 8.51. The van der Waals surface area contributed by atoms with Gasteiger partial charge in [0.25, 0.3) is 0 Å². The van der Waals surface area contributed by atoms with Gasteiger partial charge in [-0.05, 0) is 12.5 Å². The first-order valence-corrected chi connectivity index (χ1v) is 6.55. The summed E-state index contributed by atoms with van der Waals surface area (Å²) in [5, 5.41) is 4.20. The molecule has 2 rings (SSSR count). The standard InChI is InChI=1S/C13H17N3S/c1-9(2)12-15-13(17-16-12)14-8-11-6-4-10(3)5-7-11/h4-7,9H,8H2,1-3H3,(H,14,15,16). The van der Waals surface area contributed by atoms with Crippen molar-refractivity contribution in [2.45, 2.75) is 33.2 Å². The zero-order valence-electron chi connectivity index (χ0n) is 10.4. The maximum Gasteiger partial charge on any atom is 0.202 e. The van der Waals surface area contributed by atoms with Gasteiger partial charge in [-0.1, -0.05) is 43.7 Å². The smallest absolute Gasteiger partial charge is 0.202 e. The molecule has 0 unspecified atom stereocenters. The van der Waals surface area contributed by atoms with Crippen molar-refractivity contribution in [3.8, 4) is 0 Å². The normalized spacial score (nSPS) is 10.8. The molecule has 0 atom stereocenters. The van der Waals surface area contributed by atoms with Gasteiger partial charge in [0.2, 0.25) is 5.13 Å². The molecule has 0 saturated carbocycles. The predicted molar refractivity (Wildman–Crippen MR) is 72.5 cm³/mol. The number of aryl methyl sites for hydroxylation is 1. The third kappa shape index (κ3) is 3.27. The zero-order valence-corrected chi connectivity index (χ0v) is 11.2. The van der Waals surface area contributed by atoms with Crippen LogP contribution in [0, 0.1) is 6.92 Å². The maximum atomic E-state index is 4.44. The molecule has 0 aliphatic heterocycles. The summed E-state index contributed by atoms with van der Waals surface area (Å²) in [5.74, 6) is 1.31. The summed E-state index contributed by atoms with van der Waals surface area (Å²) in [6.45, 7) is 7.10. The van der Waals surface area contributed by atoms with Crippen molar-refractivity contribution < 1.29 is 0 Å². The number of anilines is 1. The lowest BCUT2D eigenvalue weighted by molar-refractivity contribution is 0.799. The molecule has 0 radical (unpaired) electrons. The SMILES string of the molecule is Cc1ccc(CNc2nc(C(C)C)ns2)cc1. The van der Waals surface area contributed by atoms with Gasteiger partial charge in [-0.2, -0.15) is 4.37 Å². The number of rotatable bonds is 4. The Morgan fingerprint density at radius 2 is 1.94 bits per heavy atom. The predicted octanol–water partition coefficient (Wildman–Crippen LogP) is 3.58. The van der Waals surface area contributed by atoms with Crippen LogP contribution in [0.1, 0.15) is 36.7 Å². The van der Waals surface area contributed by atoms with Gasteiger partial charge < -0.3 is 5.32 Å². The summed E-state index contributed by atoms with van der Waals surface area (Å²) >= 11 is 1.43. The fourth-order valence-corrected chi connectivity index (χ4v) is 2.13. The van der Waals surface area contributed by atoms with Gasteiger partial charge in [-0.15, -0.1) is 0 Å². The second kappa shape index (κ2) is 5.27. The second-order valence-electron chi connectivity index (χ2n) is 4.45. The minimum absolute atomic E-state index is 0.390. The van der Waals surface area contributed by atoms with E-state index >= 15 is 0 Å². The van der Waals surface area contributed by atoms with Crippen LogP contribution < -0.4 is 5.32 Å². The molecule has 0 aliphatic rings. The molecule has 17 heavy (non-hydrogen) atoms. The fraction of sp³-hybridized carbons (Fsp3) is 0.385. The third-order valence-corrected chi connectivity index (χ3v) is 3.21. The number of hydrogen-bond donors (Lipinski definition) is 1. The highest BCUT2D eigenvalue weighted by atomic mass is 32.1. The number of nitrogens with zero attached hydrogens (tertiary/aromatic N) is 2. The van der Waals surface area contributed by atoms with Crippen LogP contribution in [-0.2, 0) is 6.54 Å². The van der Waals surface area contributed by atoms with E-state index in [9.17, 15) is 0 Å². The highest BCUT2D eigenvalue weighted by molar-refractivity contribution is 7.09. The fourth-order valence-electron chi connectivity index (χ4n) is 1.42. The average Bonchev–Trinajstić information content (AvgIpc) is 2.77. The van der Waals surface area contributed by atoms with Crippen LogP contribution in [0.15, 0.2) is 24.3 Å². The third-order valence-electron chi connectivity index (χ3n) is 2.52. The molecule has 4 heteroatoms. The number of aromatic nitrogens is 2. The summed E-state index contributed by atoms with van der Waals surface area (Å²) in [4.78, 5) is 4.44. The van der Waals surface area contributed by atoms with Crippen molar-refractivity contribution in [2.75, 3.05) is 5.32 Å². The van der Waals surface area contributed by atoms with Gasteiger partial charge >= 0.3 is 0 Å². The van der Waals surface area contributed by atoms with Gasteiger partial charge in [-0.25, -0.2) is 4.98 Å². The van der Waals surface area contributed by atoms with Crippen molar-refractivity contribution in [3.63, 3.8) is 0 Å². The Kier molecular flexibility index (Phi) is 3.74. The minimum Gasteiger partial charge on any atom is -0.356 e. The van der Waals surface area contributed by atoms with Gasteiger partial charge in [0.1, 0.15) is 5.82 Å². The number of benzene rings is 1. The molecule has 0 spiro atoms. The first kappa shape index (κ1) is 12.0. The van der Waals surface area contributed by atoms with Crippen LogP contribution >= 0.6 is 11.5 Å². The van der Waals surface area contributed by atoms with Crippen LogP contribution in [0.2, 0.25) is 0 Å². The molecular weight excluding hydrogens is 230 g/mol. The van der Waals surface area contributed by atoms with Crippen molar-refractivity contribution in [2.24, 2.45) is 0 Å². The molecule has 0 amide bonds. The lowest BCUT2D eigenvalue weighted by Crippen LogP contribution is -1.99. The van der Waals surface area contributed by atoms with Gasteiger partial charge in [0, 0.05) is 24.0 Å². The molecule has 0 bridgehead atoms. The Morgan fingerprint density at radius 1 is 1.24 bits per heavy atom. The van der Waals surface area contributed by atoms with Crippen LogP contribution in [0.25, 0.3) is 0 Å².